The molecule has 0 radical (unpaired) electrons. The van der Waals surface area contributed by atoms with E-state index in [0.29, 0.717) is 24.5 Å². The zero-order valence-electron chi connectivity index (χ0n) is 15.2. The molecule has 1 unspecified atom stereocenters. The molecule has 1 saturated heterocycles. The third-order valence-corrected chi connectivity index (χ3v) is 6.29. The minimum absolute atomic E-state index is 0.0286. The Bertz CT molecular complexity index is 880. The summed E-state index contributed by atoms with van der Waals surface area (Å²) in [5, 5.41) is 2.76. The fraction of sp³-hybridized carbons (Fsp3) is 0.350. The number of benzene rings is 2. The topological polar surface area (TPSA) is 81.7 Å². The fourth-order valence-electron chi connectivity index (χ4n) is 3.00. The number of hydrogen-bond donors (Lipinski definition) is 1. The van der Waals surface area contributed by atoms with Crippen molar-refractivity contribution >= 4 is 15.7 Å². The van der Waals surface area contributed by atoms with E-state index in [2.05, 4.69) is 5.32 Å². The Labute approximate surface area is 159 Å². The lowest BCUT2D eigenvalue weighted by Gasteiger charge is -2.23. The van der Waals surface area contributed by atoms with Gasteiger partial charge in [0.05, 0.1) is 17.0 Å². The number of sulfone groups is 1. The molecule has 144 valence electrons. The summed E-state index contributed by atoms with van der Waals surface area (Å²) in [6.07, 6.45) is 0.425. The molecule has 1 heterocycles. The second kappa shape index (κ2) is 8.00. The molecule has 2 aromatic carbocycles. The first-order chi connectivity index (χ1) is 12.8. The van der Waals surface area contributed by atoms with Crippen LogP contribution in [-0.2, 0) is 21.2 Å². The zero-order chi connectivity index (χ0) is 19.3. The van der Waals surface area contributed by atoms with E-state index >= 15 is 0 Å². The predicted molar refractivity (Wildman–Crippen MR) is 103 cm³/mol. The molecule has 1 aliphatic rings. The summed E-state index contributed by atoms with van der Waals surface area (Å²) in [5.74, 6) is 0.994. The van der Waals surface area contributed by atoms with Crippen molar-refractivity contribution in [2.75, 3.05) is 18.1 Å². The second-order valence-corrected chi connectivity index (χ2v) is 9.17. The van der Waals surface area contributed by atoms with Crippen LogP contribution in [0.3, 0.4) is 0 Å². The predicted octanol–water partition coefficient (Wildman–Crippen LogP) is 2.34. The first-order valence-electron chi connectivity index (χ1n) is 8.75. The maximum Gasteiger partial charge on any atom is 0.258 e. The van der Waals surface area contributed by atoms with Gasteiger partial charge in [-0.1, -0.05) is 30.3 Å². The standard InChI is InChI=1S/C20H23NO5S/c1-20(11-12-27(23,24)15-20)21-19(22)14-26-18-9-7-17(8-10-18)25-13-16-5-3-2-4-6-16/h2-10H,11-15H2,1H3,(H,21,22). The number of ether oxygens (including phenoxy) is 2. The van der Waals surface area contributed by atoms with E-state index in [9.17, 15) is 13.2 Å². The molecule has 1 aliphatic heterocycles. The number of carbonyl (C=O) groups is 1. The number of amides is 1. The maximum absolute atomic E-state index is 12.1. The smallest absolute Gasteiger partial charge is 0.258 e. The highest BCUT2D eigenvalue weighted by Gasteiger charge is 2.39. The molecule has 3 rings (SSSR count). The average molecular weight is 389 g/mol. The van der Waals surface area contributed by atoms with Gasteiger partial charge in [0.2, 0.25) is 0 Å². The molecule has 0 saturated carbocycles. The van der Waals surface area contributed by atoms with Crippen molar-refractivity contribution in [1.29, 1.82) is 0 Å². The van der Waals surface area contributed by atoms with Crippen LogP contribution in [0.2, 0.25) is 0 Å². The maximum atomic E-state index is 12.1. The van der Waals surface area contributed by atoms with Gasteiger partial charge < -0.3 is 14.8 Å². The molecular weight excluding hydrogens is 366 g/mol. The van der Waals surface area contributed by atoms with Crippen LogP contribution in [0.4, 0.5) is 0 Å². The summed E-state index contributed by atoms with van der Waals surface area (Å²) in [7, 11) is -3.07. The third-order valence-electron chi connectivity index (χ3n) is 4.39. The normalized spacial score (nSPS) is 20.8. The molecule has 27 heavy (non-hydrogen) atoms. The summed E-state index contributed by atoms with van der Waals surface area (Å²) in [4.78, 5) is 12.1. The Morgan fingerprint density at radius 2 is 1.67 bits per heavy atom. The molecule has 2 aromatic rings. The molecule has 1 N–H and O–H groups in total. The Hall–Kier alpha value is -2.54. The van der Waals surface area contributed by atoms with Crippen molar-refractivity contribution in [3.63, 3.8) is 0 Å². The van der Waals surface area contributed by atoms with Gasteiger partial charge in [-0.25, -0.2) is 8.42 Å². The molecule has 1 fully saturated rings. The van der Waals surface area contributed by atoms with E-state index in [1.807, 2.05) is 30.3 Å². The molecular formula is C20H23NO5S. The highest BCUT2D eigenvalue weighted by molar-refractivity contribution is 7.91. The number of carbonyl (C=O) groups excluding carboxylic acids is 1. The van der Waals surface area contributed by atoms with Gasteiger partial charge in [0.1, 0.15) is 18.1 Å². The van der Waals surface area contributed by atoms with E-state index in [4.69, 9.17) is 9.47 Å². The van der Waals surface area contributed by atoms with Gasteiger partial charge in [0, 0.05) is 0 Å². The zero-order valence-corrected chi connectivity index (χ0v) is 16.0. The van der Waals surface area contributed by atoms with Gasteiger partial charge in [-0.05, 0) is 43.2 Å². The summed E-state index contributed by atoms with van der Waals surface area (Å²) in [6.45, 7) is 2.05. The van der Waals surface area contributed by atoms with Crippen molar-refractivity contribution < 1.29 is 22.7 Å². The molecule has 6 nitrogen and oxygen atoms in total. The Kier molecular flexibility index (Phi) is 5.70. The van der Waals surface area contributed by atoms with Crippen LogP contribution >= 0.6 is 0 Å². The van der Waals surface area contributed by atoms with Gasteiger partial charge in [-0.2, -0.15) is 0 Å². The van der Waals surface area contributed by atoms with E-state index < -0.39 is 15.4 Å². The summed E-state index contributed by atoms with van der Waals surface area (Å²) in [6, 6.07) is 16.9. The van der Waals surface area contributed by atoms with Crippen LogP contribution in [0.25, 0.3) is 0 Å². The molecule has 0 spiro atoms. The fourth-order valence-corrected chi connectivity index (χ4v) is 5.10. The molecule has 1 amide bonds. The SMILES string of the molecule is CC1(NC(=O)COc2ccc(OCc3ccccc3)cc2)CCS(=O)(=O)C1. The average Bonchev–Trinajstić information content (AvgIpc) is 2.92. The van der Waals surface area contributed by atoms with Crippen LogP contribution < -0.4 is 14.8 Å². The molecule has 7 heteroatoms. The quantitative estimate of drug-likeness (QED) is 0.786. The number of nitrogens with one attached hydrogen (secondary N) is 1. The van der Waals surface area contributed by atoms with Gasteiger partial charge in [-0.15, -0.1) is 0 Å². The van der Waals surface area contributed by atoms with E-state index in [1.54, 1.807) is 31.2 Å². The van der Waals surface area contributed by atoms with Gasteiger partial charge in [0.15, 0.2) is 16.4 Å². The van der Waals surface area contributed by atoms with Crippen LogP contribution in [-0.4, -0.2) is 38.0 Å². The largest absolute Gasteiger partial charge is 0.489 e. The first kappa shape index (κ1) is 19.2. The number of rotatable bonds is 7. The minimum atomic E-state index is -3.07. The lowest BCUT2D eigenvalue weighted by Crippen LogP contribution is -2.48. The van der Waals surface area contributed by atoms with Crippen LogP contribution in [0.5, 0.6) is 11.5 Å². The van der Waals surface area contributed by atoms with E-state index in [0.717, 1.165) is 5.56 Å². The second-order valence-electron chi connectivity index (χ2n) is 6.99. The Morgan fingerprint density at radius 3 is 2.26 bits per heavy atom. The van der Waals surface area contributed by atoms with Crippen molar-refractivity contribution in [2.45, 2.75) is 25.5 Å². The summed E-state index contributed by atoms with van der Waals surface area (Å²) >= 11 is 0. The lowest BCUT2D eigenvalue weighted by atomic mass is 10.0. The Balaban J connectivity index is 1.45. The van der Waals surface area contributed by atoms with Gasteiger partial charge >= 0.3 is 0 Å². The van der Waals surface area contributed by atoms with Crippen LogP contribution in [0.1, 0.15) is 18.9 Å². The van der Waals surface area contributed by atoms with Gasteiger partial charge in [-0.3, -0.25) is 4.79 Å². The van der Waals surface area contributed by atoms with Crippen molar-refractivity contribution in [3.05, 3.63) is 60.2 Å². The number of hydrogen-bond acceptors (Lipinski definition) is 5. The van der Waals surface area contributed by atoms with E-state index in [-0.39, 0.29) is 24.0 Å². The van der Waals surface area contributed by atoms with Gasteiger partial charge in [0.25, 0.3) is 5.91 Å². The van der Waals surface area contributed by atoms with Crippen molar-refractivity contribution in [3.8, 4) is 11.5 Å². The molecule has 0 bridgehead atoms. The molecule has 0 aromatic heterocycles. The monoisotopic (exact) mass is 389 g/mol. The van der Waals surface area contributed by atoms with Crippen molar-refractivity contribution in [1.82, 2.24) is 5.32 Å². The first-order valence-corrected chi connectivity index (χ1v) is 10.6. The van der Waals surface area contributed by atoms with E-state index in [1.165, 1.54) is 0 Å². The van der Waals surface area contributed by atoms with Crippen LogP contribution in [0.15, 0.2) is 54.6 Å². The highest BCUT2D eigenvalue weighted by Crippen LogP contribution is 2.23. The summed E-state index contributed by atoms with van der Waals surface area (Å²) < 4.78 is 34.4. The lowest BCUT2D eigenvalue weighted by molar-refractivity contribution is -0.124. The van der Waals surface area contributed by atoms with Crippen LogP contribution in [0, 0.1) is 0 Å². The summed E-state index contributed by atoms with van der Waals surface area (Å²) in [5.41, 5.74) is 0.367. The minimum Gasteiger partial charge on any atom is -0.489 e. The molecule has 1 atom stereocenters. The molecule has 0 aliphatic carbocycles. The Morgan fingerprint density at radius 1 is 1.04 bits per heavy atom. The highest BCUT2D eigenvalue weighted by atomic mass is 32.2. The van der Waals surface area contributed by atoms with Crippen molar-refractivity contribution in [2.24, 2.45) is 0 Å². The third kappa shape index (κ3) is 5.72.